The highest BCUT2D eigenvalue weighted by molar-refractivity contribution is 6.30. The second-order valence-electron chi connectivity index (χ2n) is 4.87. The predicted molar refractivity (Wildman–Crippen MR) is 83.8 cm³/mol. The van der Waals surface area contributed by atoms with Crippen molar-refractivity contribution in [3.8, 4) is 11.4 Å². The lowest BCUT2D eigenvalue weighted by Crippen LogP contribution is -2.13. The molecule has 1 heterocycles. The molecule has 0 aliphatic rings. The number of benzene rings is 2. The fraction of sp³-hybridized carbons (Fsp3) is 0.125. The van der Waals surface area contributed by atoms with Crippen LogP contribution in [0, 0.1) is 5.82 Å². The van der Waals surface area contributed by atoms with E-state index in [1.807, 2.05) is 24.3 Å². The second-order valence-corrected chi connectivity index (χ2v) is 5.31. The number of nitrogens with one attached hydrogen (secondary N) is 2. The standard InChI is InChI=1S/C16H14ClFN4/c17-14-5-4-13(15(18)7-14)9-19-8-11-2-1-3-12(6-11)16-20-10-21-22-16/h1-7,10,19H,8-9H2,(H,20,21,22). The molecule has 3 aromatic rings. The van der Waals surface area contributed by atoms with Crippen molar-refractivity contribution < 1.29 is 4.39 Å². The minimum absolute atomic E-state index is 0.296. The molecule has 0 atom stereocenters. The van der Waals surface area contributed by atoms with Gasteiger partial charge in [0.1, 0.15) is 12.1 Å². The summed E-state index contributed by atoms with van der Waals surface area (Å²) in [5.41, 5.74) is 2.65. The lowest BCUT2D eigenvalue weighted by molar-refractivity contribution is 0.588. The Labute approximate surface area is 132 Å². The number of hydrogen-bond acceptors (Lipinski definition) is 3. The summed E-state index contributed by atoms with van der Waals surface area (Å²) in [5, 5.41) is 10.3. The number of rotatable bonds is 5. The van der Waals surface area contributed by atoms with Crippen molar-refractivity contribution in [2.45, 2.75) is 13.1 Å². The van der Waals surface area contributed by atoms with Crippen LogP contribution in [0.5, 0.6) is 0 Å². The van der Waals surface area contributed by atoms with Crippen LogP contribution < -0.4 is 5.32 Å². The van der Waals surface area contributed by atoms with E-state index >= 15 is 0 Å². The Morgan fingerprint density at radius 1 is 1.14 bits per heavy atom. The van der Waals surface area contributed by atoms with Gasteiger partial charge < -0.3 is 5.32 Å². The monoisotopic (exact) mass is 316 g/mol. The molecule has 0 saturated heterocycles. The van der Waals surface area contributed by atoms with E-state index in [1.54, 1.807) is 12.1 Å². The highest BCUT2D eigenvalue weighted by Crippen LogP contribution is 2.16. The molecule has 2 aromatic carbocycles. The molecule has 0 radical (unpaired) electrons. The Morgan fingerprint density at radius 3 is 2.82 bits per heavy atom. The van der Waals surface area contributed by atoms with E-state index in [2.05, 4.69) is 20.5 Å². The maximum absolute atomic E-state index is 13.7. The van der Waals surface area contributed by atoms with Crippen molar-refractivity contribution in [2.75, 3.05) is 0 Å². The number of aromatic amines is 1. The van der Waals surface area contributed by atoms with E-state index in [-0.39, 0.29) is 5.82 Å². The summed E-state index contributed by atoms with van der Waals surface area (Å²) in [4.78, 5) is 4.13. The fourth-order valence-corrected chi connectivity index (χ4v) is 2.34. The summed E-state index contributed by atoms with van der Waals surface area (Å²) < 4.78 is 13.7. The van der Waals surface area contributed by atoms with Gasteiger partial charge in [-0.15, -0.1) is 0 Å². The Kier molecular flexibility index (Phi) is 4.46. The first-order valence-electron chi connectivity index (χ1n) is 6.82. The van der Waals surface area contributed by atoms with E-state index in [4.69, 9.17) is 11.6 Å². The SMILES string of the molecule is Fc1cc(Cl)ccc1CNCc1cccc(-c2ncn[nH]2)c1. The first-order chi connectivity index (χ1) is 10.7. The Balaban J connectivity index is 1.63. The zero-order chi connectivity index (χ0) is 15.4. The van der Waals surface area contributed by atoms with Crippen LogP contribution in [0.25, 0.3) is 11.4 Å². The molecule has 0 spiro atoms. The quantitative estimate of drug-likeness (QED) is 0.757. The van der Waals surface area contributed by atoms with Gasteiger partial charge in [0.15, 0.2) is 5.82 Å². The van der Waals surface area contributed by atoms with Crippen molar-refractivity contribution in [1.82, 2.24) is 20.5 Å². The Bertz CT molecular complexity index is 759. The lowest BCUT2D eigenvalue weighted by Gasteiger charge is -2.07. The van der Waals surface area contributed by atoms with Crippen LogP contribution in [0.4, 0.5) is 4.39 Å². The van der Waals surface area contributed by atoms with Crippen LogP contribution in [0.1, 0.15) is 11.1 Å². The average Bonchev–Trinajstić information content (AvgIpc) is 3.04. The van der Waals surface area contributed by atoms with Crippen molar-refractivity contribution in [3.63, 3.8) is 0 Å². The maximum Gasteiger partial charge on any atom is 0.155 e. The number of halogens is 2. The van der Waals surface area contributed by atoms with Crippen LogP contribution in [-0.2, 0) is 13.1 Å². The van der Waals surface area contributed by atoms with Crippen molar-refractivity contribution in [1.29, 1.82) is 0 Å². The summed E-state index contributed by atoms with van der Waals surface area (Å²) in [6.07, 6.45) is 1.48. The zero-order valence-corrected chi connectivity index (χ0v) is 12.4. The third-order valence-electron chi connectivity index (χ3n) is 3.28. The zero-order valence-electron chi connectivity index (χ0n) is 11.7. The van der Waals surface area contributed by atoms with Gasteiger partial charge in [0.2, 0.25) is 0 Å². The number of aromatic nitrogens is 3. The van der Waals surface area contributed by atoms with Crippen molar-refractivity contribution >= 4 is 11.6 Å². The summed E-state index contributed by atoms with van der Waals surface area (Å²) in [6, 6.07) is 12.6. The van der Waals surface area contributed by atoms with Crippen LogP contribution in [0.2, 0.25) is 5.02 Å². The average molecular weight is 317 g/mol. The third-order valence-corrected chi connectivity index (χ3v) is 3.51. The highest BCUT2D eigenvalue weighted by Gasteiger charge is 2.04. The summed E-state index contributed by atoms with van der Waals surface area (Å²) in [5.74, 6) is 0.431. The molecular formula is C16H14ClFN4. The van der Waals surface area contributed by atoms with Gasteiger partial charge in [0.05, 0.1) is 0 Å². The first-order valence-corrected chi connectivity index (χ1v) is 7.19. The molecule has 4 nitrogen and oxygen atoms in total. The largest absolute Gasteiger partial charge is 0.309 e. The second kappa shape index (κ2) is 6.68. The fourth-order valence-electron chi connectivity index (χ4n) is 2.18. The van der Waals surface area contributed by atoms with Gasteiger partial charge in [-0.05, 0) is 23.8 Å². The number of H-pyrrole nitrogens is 1. The molecule has 0 aliphatic carbocycles. The molecule has 0 amide bonds. The van der Waals surface area contributed by atoms with Crippen LogP contribution >= 0.6 is 11.6 Å². The van der Waals surface area contributed by atoms with Crippen LogP contribution in [0.15, 0.2) is 48.8 Å². The number of nitrogens with zero attached hydrogens (tertiary/aromatic N) is 2. The Morgan fingerprint density at radius 2 is 2.05 bits per heavy atom. The van der Waals surface area contributed by atoms with E-state index < -0.39 is 0 Å². The van der Waals surface area contributed by atoms with Gasteiger partial charge in [-0.1, -0.05) is 35.9 Å². The topological polar surface area (TPSA) is 53.6 Å². The molecule has 0 fully saturated rings. The molecule has 2 N–H and O–H groups in total. The van der Waals surface area contributed by atoms with Gasteiger partial charge in [-0.25, -0.2) is 9.37 Å². The van der Waals surface area contributed by atoms with Gasteiger partial charge in [0, 0.05) is 29.2 Å². The van der Waals surface area contributed by atoms with E-state index in [0.717, 1.165) is 17.0 Å². The van der Waals surface area contributed by atoms with Crippen molar-refractivity contribution in [3.05, 3.63) is 70.8 Å². The molecule has 6 heteroatoms. The normalized spacial score (nSPS) is 10.8. The summed E-state index contributed by atoms with van der Waals surface area (Å²) in [7, 11) is 0. The summed E-state index contributed by atoms with van der Waals surface area (Å²) in [6.45, 7) is 1.07. The van der Waals surface area contributed by atoms with Gasteiger partial charge in [-0.2, -0.15) is 5.10 Å². The molecule has 0 saturated carbocycles. The molecule has 0 aliphatic heterocycles. The Hall–Kier alpha value is -2.24. The van der Waals surface area contributed by atoms with Crippen LogP contribution in [0.3, 0.4) is 0 Å². The molecular weight excluding hydrogens is 303 g/mol. The van der Waals surface area contributed by atoms with Gasteiger partial charge in [-0.3, -0.25) is 5.10 Å². The number of hydrogen-bond donors (Lipinski definition) is 2. The molecule has 0 unspecified atom stereocenters. The minimum atomic E-state index is -0.296. The smallest absolute Gasteiger partial charge is 0.155 e. The first kappa shape index (κ1) is 14.7. The molecule has 3 rings (SSSR count). The lowest BCUT2D eigenvalue weighted by atomic mass is 10.1. The van der Waals surface area contributed by atoms with Crippen LogP contribution in [-0.4, -0.2) is 15.2 Å². The third kappa shape index (κ3) is 3.50. The van der Waals surface area contributed by atoms with E-state index in [9.17, 15) is 4.39 Å². The molecule has 0 bridgehead atoms. The predicted octanol–water partition coefficient (Wildman–Crippen LogP) is 3.55. The van der Waals surface area contributed by atoms with E-state index in [1.165, 1.54) is 12.4 Å². The van der Waals surface area contributed by atoms with Gasteiger partial charge >= 0.3 is 0 Å². The minimum Gasteiger partial charge on any atom is -0.309 e. The van der Waals surface area contributed by atoms with Crippen molar-refractivity contribution in [2.24, 2.45) is 0 Å². The van der Waals surface area contributed by atoms with Gasteiger partial charge in [0.25, 0.3) is 0 Å². The molecule has 22 heavy (non-hydrogen) atoms. The molecule has 112 valence electrons. The summed E-state index contributed by atoms with van der Waals surface area (Å²) >= 11 is 5.74. The highest BCUT2D eigenvalue weighted by atomic mass is 35.5. The molecule has 1 aromatic heterocycles. The van der Waals surface area contributed by atoms with E-state index in [0.29, 0.717) is 23.7 Å². The maximum atomic E-state index is 13.7.